The van der Waals surface area contributed by atoms with E-state index in [2.05, 4.69) is 15.8 Å². The summed E-state index contributed by atoms with van der Waals surface area (Å²) in [5.74, 6) is 0.0203. The van der Waals surface area contributed by atoms with Crippen molar-refractivity contribution in [3.8, 4) is 0 Å². The number of nitrogens with zero attached hydrogens (tertiary/aromatic N) is 1. The summed E-state index contributed by atoms with van der Waals surface area (Å²) in [6.45, 7) is 0. The van der Waals surface area contributed by atoms with Gasteiger partial charge in [-0.2, -0.15) is 5.10 Å². The van der Waals surface area contributed by atoms with Crippen LogP contribution in [-0.2, 0) is 4.79 Å². The molecule has 3 rings (SSSR count). The summed E-state index contributed by atoms with van der Waals surface area (Å²) in [6.07, 6.45) is 11.0. The Morgan fingerprint density at radius 2 is 1.52 bits per heavy atom. The average Bonchev–Trinajstić information content (AvgIpc) is 2.68. The molecule has 2 N–H and O–H groups in total. The van der Waals surface area contributed by atoms with Crippen LogP contribution in [0.4, 0.5) is 5.69 Å². The quantitative estimate of drug-likeness (QED) is 0.804. The molecule has 2 aliphatic carbocycles. The molecular weight excluding hydrogens is 314 g/mol. The van der Waals surface area contributed by atoms with Crippen LogP contribution in [-0.4, -0.2) is 17.5 Å². The van der Waals surface area contributed by atoms with Gasteiger partial charge >= 0.3 is 0 Å². The van der Waals surface area contributed by atoms with Crippen LogP contribution in [0.15, 0.2) is 29.4 Å². The highest BCUT2D eigenvalue weighted by molar-refractivity contribution is 5.97. The van der Waals surface area contributed by atoms with Gasteiger partial charge in [-0.25, -0.2) is 5.43 Å². The standard InChI is InChI=1S/C20H27N3O2/c24-19(15-7-3-1-4-8-15)21-17-13-11-16(12-14-17)20(25)23-22-18-9-5-2-6-10-18/h11-15H,1-10H2,(H,21,24)(H,23,25). The van der Waals surface area contributed by atoms with Crippen molar-refractivity contribution in [2.24, 2.45) is 11.0 Å². The normalized spacial score (nSPS) is 18.5. The van der Waals surface area contributed by atoms with Gasteiger partial charge in [-0.3, -0.25) is 9.59 Å². The molecule has 0 atom stereocenters. The number of rotatable bonds is 4. The number of nitrogens with one attached hydrogen (secondary N) is 2. The van der Waals surface area contributed by atoms with Crippen molar-refractivity contribution in [3.05, 3.63) is 29.8 Å². The Morgan fingerprint density at radius 3 is 2.20 bits per heavy atom. The van der Waals surface area contributed by atoms with Gasteiger partial charge in [0.15, 0.2) is 0 Å². The Kier molecular flexibility index (Phi) is 6.20. The van der Waals surface area contributed by atoms with Gasteiger partial charge in [-0.05, 0) is 62.8 Å². The molecule has 0 aromatic heterocycles. The fraction of sp³-hybridized carbons (Fsp3) is 0.550. The highest BCUT2D eigenvalue weighted by Crippen LogP contribution is 2.25. The van der Waals surface area contributed by atoms with E-state index < -0.39 is 0 Å². The van der Waals surface area contributed by atoms with E-state index in [1.54, 1.807) is 24.3 Å². The number of hydrazone groups is 1. The summed E-state index contributed by atoms with van der Waals surface area (Å²) >= 11 is 0. The third kappa shape index (κ3) is 5.15. The van der Waals surface area contributed by atoms with E-state index in [4.69, 9.17) is 0 Å². The zero-order valence-electron chi connectivity index (χ0n) is 14.7. The van der Waals surface area contributed by atoms with Crippen molar-refractivity contribution >= 4 is 23.2 Å². The van der Waals surface area contributed by atoms with E-state index in [0.29, 0.717) is 5.56 Å². The van der Waals surface area contributed by atoms with Crippen molar-refractivity contribution in [1.82, 2.24) is 5.43 Å². The van der Waals surface area contributed by atoms with E-state index in [-0.39, 0.29) is 17.7 Å². The van der Waals surface area contributed by atoms with Crippen LogP contribution in [0.25, 0.3) is 0 Å². The number of carbonyl (C=O) groups is 2. The maximum absolute atomic E-state index is 12.3. The van der Waals surface area contributed by atoms with Crippen LogP contribution in [0.1, 0.15) is 74.6 Å². The Bertz CT molecular complexity index is 623. The van der Waals surface area contributed by atoms with Crippen molar-refractivity contribution in [3.63, 3.8) is 0 Å². The molecule has 0 unspecified atom stereocenters. The number of benzene rings is 1. The summed E-state index contributed by atoms with van der Waals surface area (Å²) in [6, 6.07) is 7.02. The van der Waals surface area contributed by atoms with E-state index >= 15 is 0 Å². The van der Waals surface area contributed by atoms with Crippen LogP contribution in [0, 0.1) is 5.92 Å². The van der Waals surface area contributed by atoms with Crippen molar-refractivity contribution < 1.29 is 9.59 Å². The molecule has 0 radical (unpaired) electrons. The van der Waals surface area contributed by atoms with Crippen molar-refractivity contribution in [2.75, 3.05) is 5.32 Å². The summed E-state index contributed by atoms with van der Waals surface area (Å²) in [7, 11) is 0. The number of hydrogen-bond donors (Lipinski definition) is 2. The molecule has 25 heavy (non-hydrogen) atoms. The van der Waals surface area contributed by atoms with Crippen LogP contribution in [0.3, 0.4) is 0 Å². The Morgan fingerprint density at radius 1 is 0.880 bits per heavy atom. The van der Waals surface area contributed by atoms with Gasteiger partial charge in [0.2, 0.25) is 5.91 Å². The predicted octanol–water partition coefficient (Wildman–Crippen LogP) is 4.26. The second-order valence-electron chi connectivity index (χ2n) is 7.08. The minimum atomic E-state index is -0.205. The predicted molar refractivity (Wildman–Crippen MR) is 99.6 cm³/mol. The van der Waals surface area contributed by atoms with Gasteiger partial charge in [-0.1, -0.05) is 25.7 Å². The van der Waals surface area contributed by atoms with Crippen molar-refractivity contribution in [2.45, 2.75) is 64.2 Å². The average molecular weight is 341 g/mol. The third-order valence-corrected chi connectivity index (χ3v) is 5.14. The molecule has 5 heteroatoms. The smallest absolute Gasteiger partial charge is 0.271 e. The minimum absolute atomic E-state index is 0.0978. The molecule has 0 heterocycles. The maximum atomic E-state index is 12.3. The molecular formula is C20H27N3O2. The number of anilines is 1. The minimum Gasteiger partial charge on any atom is -0.326 e. The molecule has 1 aromatic carbocycles. The van der Waals surface area contributed by atoms with Gasteiger partial charge in [0.25, 0.3) is 5.91 Å². The first-order chi connectivity index (χ1) is 12.2. The molecule has 5 nitrogen and oxygen atoms in total. The molecule has 2 amide bonds. The summed E-state index contributed by atoms with van der Waals surface area (Å²) in [5.41, 5.74) is 5.01. The van der Waals surface area contributed by atoms with Crippen LogP contribution in [0.2, 0.25) is 0 Å². The molecule has 2 saturated carbocycles. The lowest BCUT2D eigenvalue weighted by Crippen LogP contribution is -2.24. The lowest BCUT2D eigenvalue weighted by Gasteiger charge is -2.20. The molecule has 0 aliphatic heterocycles. The summed E-state index contributed by atoms with van der Waals surface area (Å²) in [5, 5.41) is 7.20. The molecule has 0 bridgehead atoms. The molecule has 2 fully saturated rings. The Labute approximate surface area is 149 Å². The first kappa shape index (κ1) is 17.6. The fourth-order valence-electron chi connectivity index (χ4n) is 3.58. The highest BCUT2D eigenvalue weighted by Gasteiger charge is 2.21. The highest BCUT2D eigenvalue weighted by atomic mass is 16.2. The van der Waals surface area contributed by atoms with Gasteiger partial charge < -0.3 is 5.32 Å². The summed E-state index contributed by atoms with van der Waals surface area (Å²) in [4.78, 5) is 24.4. The van der Waals surface area contributed by atoms with Crippen LogP contribution < -0.4 is 10.7 Å². The Balaban J connectivity index is 1.52. The van der Waals surface area contributed by atoms with Gasteiger partial charge in [0.05, 0.1) is 0 Å². The van der Waals surface area contributed by atoms with Crippen LogP contribution >= 0.6 is 0 Å². The van der Waals surface area contributed by atoms with Crippen molar-refractivity contribution in [1.29, 1.82) is 0 Å². The number of carbonyl (C=O) groups excluding carboxylic acids is 2. The largest absolute Gasteiger partial charge is 0.326 e. The zero-order chi connectivity index (χ0) is 17.5. The van der Waals surface area contributed by atoms with Gasteiger partial charge in [0.1, 0.15) is 0 Å². The third-order valence-electron chi connectivity index (χ3n) is 5.14. The second-order valence-corrected chi connectivity index (χ2v) is 7.08. The maximum Gasteiger partial charge on any atom is 0.271 e. The van der Waals surface area contributed by atoms with E-state index in [9.17, 15) is 9.59 Å². The van der Waals surface area contributed by atoms with E-state index in [0.717, 1.165) is 62.8 Å². The first-order valence-corrected chi connectivity index (χ1v) is 9.49. The van der Waals surface area contributed by atoms with Gasteiger partial charge in [-0.15, -0.1) is 0 Å². The number of amides is 2. The fourth-order valence-corrected chi connectivity index (χ4v) is 3.58. The molecule has 134 valence electrons. The lowest BCUT2D eigenvalue weighted by molar-refractivity contribution is -0.120. The SMILES string of the molecule is O=C(NN=C1CCCCC1)c1ccc(NC(=O)C2CCCCC2)cc1. The first-order valence-electron chi connectivity index (χ1n) is 9.49. The van der Waals surface area contributed by atoms with E-state index in [1.807, 2.05) is 0 Å². The monoisotopic (exact) mass is 341 g/mol. The lowest BCUT2D eigenvalue weighted by atomic mass is 9.88. The van der Waals surface area contributed by atoms with E-state index in [1.165, 1.54) is 12.8 Å². The van der Waals surface area contributed by atoms with Crippen LogP contribution in [0.5, 0.6) is 0 Å². The second kappa shape index (κ2) is 8.79. The zero-order valence-corrected chi connectivity index (χ0v) is 14.7. The topological polar surface area (TPSA) is 70.6 Å². The molecule has 1 aromatic rings. The van der Waals surface area contributed by atoms with Gasteiger partial charge in [0, 0.05) is 22.9 Å². The molecule has 0 spiro atoms. The molecule has 2 aliphatic rings. The molecule has 0 saturated heterocycles. The Hall–Kier alpha value is -2.17. The number of hydrogen-bond acceptors (Lipinski definition) is 3. The summed E-state index contributed by atoms with van der Waals surface area (Å²) < 4.78 is 0.